The third-order valence-corrected chi connectivity index (χ3v) is 5.30. The molecule has 9 heteroatoms. The Bertz CT molecular complexity index is 1210. The molecular weight excluding hydrogens is 396 g/mol. The van der Waals surface area contributed by atoms with Crippen LogP contribution in [0.1, 0.15) is 15.9 Å². The second kappa shape index (κ2) is 8.03. The van der Waals surface area contributed by atoms with Crippen molar-refractivity contribution in [1.29, 1.82) is 0 Å². The van der Waals surface area contributed by atoms with Crippen molar-refractivity contribution in [1.82, 2.24) is 0 Å². The standard InChI is InChI=1S/C20H16N2O6S/c23-18-8-4-1-5-13(18)12-21-17-11-14(9-10-19(17)24)29(27,28)22-16-7-3-2-6-15(16)20(25)26/h1-12,22-24H,(H,25,26). The summed E-state index contributed by atoms with van der Waals surface area (Å²) in [5, 5.41) is 29.0. The summed E-state index contributed by atoms with van der Waals surface area (Å²) in [7, 11) is -4.15. The van der Waals surface area contributed by atoms with E-state index in [0.717, 1.165) is 12.1 Å². The Labute approximate surface area is 166 Å². The van der Waals surface area contributed by atoms with E-state index in [2.05, 4.69) is 9.71 Å². The number of aromatic hydroxyl groups is 2. The summed E-state index contributed by atoms with van der Waals surface area (Å²) < 4.78 is 27.6. The Kier molecular flexibility index (Phi) is 5.51. The predicted molar refractivity (Wildman–Crippen MR) is 108 cm³/mol. The number of benzene rings is 3. The van der Waals surface area contributed by atoms with Gasteiger partial charge in [0.25, 0.3) is 10.0 Å². The molecule has 4 N–H and O–H groups in total. The predicted octanol–water partition coefficient (Wildman–Crippen LogP) is 3.35. The number of nitrogens with one attached hydrogen (secondary N) is 1. The van der Waals surface area contributed by atoms with Crippen molar-refractivity contribution >= 4 is 33.6 Å². The van der Waals surface area contributed by atoms with Crippen molar-refractivity contribution in [3.63, 3.8) is 0 Å². The van der Waals surface area contributed by atoms with Crippen molar-refractivity contribution in [2.75, 3.05) is 4.72 Å². The third kappa shape index (κ3) is 4.53. The number of hydrogen-bond donors (Lipinski definition) is 4. The van der Waals surface area contributed by atoms with Gasteiger partial charge in [-0.3, -0.25) is 9.71 Å². The second-order valence-electron chi connectivity index (χ2n) is 5.92. The van der Waals surface area contributed by atoms with Gasteiger partial charge in [0, 0.05) is 11.8 Å². The molecule has 29 heavy (non-hydrogen) atoms. The van der Waals surface area contributed by atoms with Crippen LogP contribution in [-0.2, 0) is 10.0 Å². The van der Waals surface area contributed by atoms with E-state index in [0.29, 0.717) is 5.56 Å². The highest BCUT2D eigenvalue weighted by Gasteiger charge is 2.19. The van der Waals surface area contributed by atoms with Crippen LogP contribution in [0.15, 0.2) is 76.6 Å². The molecule has 0 unspecified atom stereocenters. The van der Waals surface area contributed by atoms with Crippen molar-refractivity contribution in [3.05, 3.63) is 77.9 Å². The largest absolute Gasteiger partial charge is 0.507 e. The zero-order chi connectivity index (χ0) is 21.0. The van der Waals surface area contributed by atoms with Gasteiger partial charge < -0.3 is 15.3 Å². The van der Waals surface area contributed by atoms with Gasteiger partial charge in [0.2, 0.25) is 0 Å². The van der Waals surface area contributed by atoms with Crippen molar-refractivity contribution in [2.24, 2.45) is 4.99 Å². The first-order valence-electron chi connectivity index (χ1n) is 8.28. The Balaban J connectivity index is 1.94. The van der Waals surface area contributed by atoms with Gasteiger partial charge in [0.1, 0.15) is 17.2 Å². The molecule has 0 aliphatic heterocycles. The van der Waals surface area contributed by atoms with Crippen LogP contribution in [0.2, 0.25) is 0 Å². The number of rotatable bonds is 6. The molecule has 0 bridgehead atoms. The first kappa shape index (κ1) is 19.9. The number of sulfonamides is 1. The Morgan fingerprint density at radius 3 is 2.34 bits per heavy atom. The molecule has 3 rings (SSSR count). The van der Waals surface area contributed by atoms with E-state index in [1.807, 2.05) is 0 Å². The molecule has 0 saturated carbocycles. The molecule has 8 nitrogen and oxygen atoms in total. The minimum Gasteiger partial charge on any atom is -0.507 e. The molecule has 0 aliphatic carbocycles. The lowest BCUT2D eigenvalue weighted by Crippen LogP contribution is -2.15. The highest BCUT2D eigenvalue weighted by atomic mass is 32.2. The van der Waals surface area contributed by atoms with Crippen LogP contribution < -0.4 is 4.72 Å². The molecule has 3 aromatic rings. The van der Waals surface area contributed by atoms with E-state index in [1.54, 1.807) is 18.2 Å². The molecule has 0 amide bonds. The number of aromatic carboxylic acids is 1. The van der Waals surface area contributed by atoms with Crippen LogP contribution in [0, 0.1) is 0 Å². The molecule has 0 aliphatic rings. The summed E-state index contributed by atoms with van der Waals surface area (Å²) in [4.78, 5) is 15.1. The van der Waals surface area contributed by atoms with Gasteiger partial charge in [0.15, 0.2) is 0 Å². The minimum absolute atomic E-state index is 0.0218. The molecule has 0 heterocycles. The van der Waals surface area contributed by atoms with E-state index in [-0.39, 0.29) is 33.3 Å². The average Bonchev–Trinajstić information content (AvgIpc) is 2.68. The molecule has 0 radical (unpaired) electrons. The van der Waals surface area contributed by atoms with Crippen LogP contribution in [0.4, 0.5) is 11.4 Å². The monoisotopic (exact) mass is 412 g/mol. The lowest BCUT2D eigenvalue weighted by atomic mass is 10.2. The van der Waals surface area contributed by atoms with E-state index in [1.165, 1.54) is 42.6 Å². The number of phenols is 2. The second-order valence-corrected chi connectivity index (χ2v) is 7.61. The number of aliphatic imine (C=N–C) groups is 1. The highest BCUT2D eigenvalue weighted by molar-refractivity contribution is 7.92. The first-order chi connectivity index (χ1) is 13.8. The summed E-state index contributed by atoms with van der Waals surface area (Å²) in [5.74, 6) is -1.56. The maximum atomic E-state index is 12.7. The highest BCUT2D eigenvalue weighted by Crippen LogP contribution is 2.30. The van der Waals surface area contributed by atoms with Gasteiger partial charge >= 0.3 is 5.97 Å². The molecule has 0 atom stereocenters. The fourth-order valence-electron chi connectivity index (χ4n) is 2.47. The number of carboxylic acids is 1. The van der Waals surface area contributed by atoms with Gasteiger partial charge in [0.05, 0.1) is 16.1 Å². The molecule has 0 spiro atoms. The van der Waals surface area contributed by atoms with E-state index in [9.17, 15) is 28.5 Å². The van der Waals surface area contributed by atoms with Crippen LogP contribution in [-0.4, -0.2) is 35.9 Å². The van der Waals surface area contributed by atoms with Crippen molar-refractivity contribution in [3.8, 4) is 11.5 Å². The van der Waals surface area contributed by atoms with Crippen LogP contribution in [0.3, 0.4) is 0 Å². The van der Waals surface area contributed by atoms with Gasteiger partial charge in [-0.2, -0.15) is 0 Å². The van der Waals surface area contributed by atoms with Gasteiger partial charge in [-0.05, 0) is 42.5 Å². The number of hydrogen-bond acceptors (Lipinski definition) is 6. The third-order valence-electron chi connectivity index (χ3n) is 3.94. The number of nitrogens with zero attached hydrogens (tertiary/aromatic N) is 1. The maximum Gasteiger partial charge on any atom is 0.337 e. The summed E-state index contributed by atoms with van der Waals surface area (Å²) >= 11 is 0. The Morgan fingerprint density at radius 1 is 0.931 bits per heavy atom. The summed E-state index contributed by atoms with van der Waals surface area (Å²) in [6.07, 6.45) is 1.29. The van der Waals surface area contributed by atoms with E-state index < -0.39 is 16.0 Å². The smallest absolute Gasteiger partial charge is 0.337 e. The fourth-order valence-corrected chi connectivity index (χ4v) is 3.57. The number of anilines is 1. The summed E-state index contributed by atoms with van der Waals surface area (Å²) in [5.41, 5.74) is 0.0521. The fraction of sp³-hybridized carbons (Fsp3) is 0. The molecule has 0 saturated heterocycles. The molecule has 0 aromatic heterocycles. The lowest BCUT2D eigenvalue weighted by molar-refractivity contribution is 0.0698. The zero-order valence-electron chi connectivity index (χ0n) is 14.9. The quantitative estimate of drug-likeness (QED) is 0.458. The normalized spacial score (nSPS) is 11.4. The summed E-state index contributed by atoms with van der Waals surface area (Å²) in [6, 6.07) is 15.4. The van der Waals surface area contributed by atoms with Crippen LogP contribution in [0.5, 0.6) is 11.5 Å². The van der Waals surface area contributed by atoms with Gasteiger partial charge in [-0.25, -0.2) is 13.2 Å². The Hall–Kier alpha value is -3.85. The topological polar surface area (TPSA) is 136 Å². The SMILES string of the molecule is O=C(O)c1ccccc1NS(=O)(=O)c1ccc(O)c(N=Cc2ccccc2O)c1. The molecular formula is C20H16N2O6S. The number of para-hydroxylation sites is 2. The molecule has 0 fully saturated rings. The minimum atomic E-state index is -4.15. The average molecular weight is 412 g/mol. The van der Waals surface area contributed by atoms with Crippen molar-refractivity contribution < 1.29 is 28.5 Å². The van der Waals surface area contributed by atoms with Gasteiger partial charge in [-0.1, -0.05) is 24.3 Å². The first-order valence-corrected chi connectivity index (χ1v) is 9.76. The molecule has 148 valence electrons. The van der Waals surface area contributed by atoms with E-state index >= 15 is 0 Å². The maximum absolute atomic E-state index is 12.7. The number of phenolic OH excluding ortho intramolecular Hbond substituents is 2. The Morgan fingerprint density at radius 2 is 1.62 bits per heavy atom. The number of carboxylic acid groups (broad SMARTS) is 1. The summed E-state index contributed by atoms with van der Waals surface area (Å²) in [6.45, 7) is 0. The lowest BCUT2D eigenvalue weighted by Gasteiger charge is -2.11. The van der Waals surface area contributed by atoms with Gasteiger partial charge in [-0.15, -0.1) is 0 Å². The zero-order valence-corrected chi connectivity index (χ0v) is 15.7. The van der Waals surface area contributed by atoms with Crippen LogP contribution in [0.25, 0.3) is 0 Å². The number of carbonyl (C=O) groups is 1. The molecule has 3 aromatic carbocycles. The van der Waals surface area contributed by atoms with Crippen LogP contribution >= 0.6 is 0 Å². The van der Waals surface area contributed by atoms with Crippen molar-refractivity contribution in [2.45, 2.75) is 4.90 Å². The van der Waals surface area contributed by atoms with E-state index in [4.69, 9.17) is 0 Å².